The normalized spacial score (nSPS) is 23.8. The summed E-state index contributed by atoms with van der Waals surface area (Å²) in [6, 6.07) is 23.3. The predicted octanol–water partition coefficient (Wildman–Crippen LogP) is 6.61. The Morgan fingerprint density at radius 3 is 2.47 bits per heavy atom. The lowest BCUT2D eigenvalue weighted by Gasteiger charge is -2.32. The molecule has 5 rings (SSSR count). The zero-order chi connectivity index (χ0) is 23.9. The van der Waals surface area contributed by atoms with Crippen LogP contribution in [0.3, 0.4) is 0 Å². The number of allylic oxidation sites excluding steroid dienone is 1. The maximum absolute atomic E-state index is 15.0. The monoisotopic (exact) mass is 454 g/mol. The summed E-state index contributed by atoms with van der Waals surface area (Å²) >= 11 is 0. The number of benzene rings is 3. The Balaban J connectivity index is 1.58. The molecule has 1 aliphatic heterocycles. The third-order valence-electron chi connectivity index (χ3n) is 7.56. The van der Waals surface area contributed by atoms with Crippen LogP contribution >= 0.6 is 0 Å². The molecule has 0 N–H and O–H groups in total. The number of fused-ring (bicyclic) bond motifs is 1. The fraction of sp³-hybridized carbons (Fsp3) is 0.300. The van der Waals surface area contributed by atoms with Gasteiger partial charge in [0.05, 0.1) is 11.5 Å². The van der Waals surface area contributed by atoms with Crippen molar-refractivity contribution in [1.29, 1.82) is 0 Å². The Morgan fingerprint density at radius 2 is 1.76 bits per heavy atom. The molecule has 0 saturated carbocycles. The van der Waals surface area contributed by atoms with Crippen molar-refractivity contribution in [3.05, 3.63) is 102 Å². The maximum atomic E-state index is 15.0. The van der Waals surface area contributed by atoms with Crippen LogP contribution in [0.4, 0.5) is 10.1 Å². The van der Waals surface area contributed by atoms with Crippen LogP contribution in [0.2, 0.25) is 0 Å². The SMILES string of the molecule is CN(C)c1ccc(-c2cc([C@H]3[C@@H]4C=CCC[C@@]4(C)C(=O)N3Cc3ccccc3)ccc2F)cc1. The van der Waals surface area contributed by atoms with E-state index in [-0.39, 0.29) is 23.7 Å². The van der Waals surface area contributed by atoms with Crippen molar-refractivity contribution in [2.75, 3.05) is 19.0 Å². The van der Waals surface area contributed by atoms with E-state index < -0.39 is 5.41 Å². The second-order valence-corrected chi connectivity index (χ2v) is 9.95. The van der Waals surface area contributed by atoms with E-state index in [1.54, 1.807) is 6.07 Å². The van der Waals surface area contributed by atoms with Crippen molar-refractivity contribution in [3.8, 4) is 11.1 Å². The van der Waals surface area contributed by atoms with Crippen molar-refractivity contribution >= 4 is 11.6 Å². The van der Waals surface area contributed by atoms with Gasteiger partial charge in [-0.2, -0.15) is 0 Å². The van der Waals surface area contributed by atoms with E-state index in [4.69, 9.17) is 0 Å². The zero-order valence-electron chi connectivity index (χ0n) is 20.0. The summed E-state index contributed by atoms with van der Waals surface area (Å²) in [6.07, 6.45) is 6.17. The lowest BCUT2D eigenvalue weighted by molar-refractivity contribution is -0.137. The van der Waals surface area contributed by atoms with Gasteiger partial charge >= 0.3 is 0 Å². The van der Waals surface area contributed by atoms with Crippen LogP contribution in [0.5, 0.6) is 0 Å². The average Bonchev–Trinajstić information content (AvgIpc) is 3.07. The summed E-state index contributed by atoms with van der Waals surface area (Å²) in [5.74, 6) is 0.00559. The van der Waals surface area contributed by atoms with Gasteiger partial charge in [-0.3, -0.25) is 4.79 Å². The predicted molar refractivity (Wildman–Crippen MR) is 136 cm³/mol. The van der Waals surface area contributed by atoms with Crippen molar-refractivity contribution in [2.45, 2.75) is 32.4 Å². The number of halogens is 1. The van der Waals surface area contributed by atoms with Crippen LogP contribution in [0.15, 0.2) is 84.9 Å². The fourth-order valence-electron chi connectivity index (χ4n) is 5.58. The first-order chi connectivity index (χ1) is 16.4. The zero-order valence-corrected chi connectivity index (χ0v) is 20.0. The standard InChI is InChI=1S/C30H31FN2O/c1-30-18-8-7-11-26(30)28(33(29(30)34)20-21-9-5-4-6-10-21)23-14-17-27(31)25(19-23)22-12-15-24(16-13-22)32(2)3/h4-7,9-17,19,26,28H,8,18,20H2,1-3H3/t26-,28-,30+/m0/s1. The number of hydrogen-bond donors (Lipinski definition) is 0. The molecule has 0 radical (unpaired) electrons. The van der Waals surface area contributed by atoms with Crippen LogP contribution in [0.1, 0.15) is 36.9 Å². The average molecular weight is 455 g/mol. The minimum Gasteiger partial charge on any atom is -0.378 e. The molecular weight excluding hydrogens is 423 g/mol. The highest BCUT2D eigenvalue weighted by molar-refractivity contribution is 5.87. The Labute approximate surface area is 201 Å². The molecule has 3 aromatic carbocycles. The number of anilines is 1. The molecule has 1 heterocycles. The van der Waals surface area contributed by atoms with Gasteiger partial charge in [0.25, 0.3) is 0 Å². The van der Waals surface area contributed by atoms with E-state index in [0.717, 1.165) is 35.2 Å². The molecule has 1 aliphatic carbocycles. The molecule has 34 heavy (non-hydrogen) atoms. The largest absolute Gasteiger partial charge is 0.378 e. The molecule has 0 spiro atoms. The molecule has 1 saturated heterocycles. The fourth-order valence-corrected chi connectivity index (χ4v) is 5.58. The molecular formula is C30H31FN2O. The molecule has 1 fully saturated rings. The second-order valence-electron chi connectivity index (χ2n) is 9.95. The molecule has 3 nitrogen and oxygen atoms in total. The molecule has 3 atom stereocenters. The van der Waals surface area contributed by atoms with Crippen LogP contribution in [-0.4, -0.2) is 24.9 Å². The summed E-state index contributed by atoms with van der Waals surface area (Å²) in [5.41, 5.74) is 4.13. The number of carbonyl (C=O) groups excluding carboxylic acids is 1. The van der Waals surface area contributed by atoms with Crippen LogP contribution in [-0.2, 0) is 11.3 Å². The lowest BCUT2D eigenvalue weighted by Crippen LogP contribution is -2.34. The lowest BCUT2D eigenvalue weighted by atomic mass is 9.69. The Morgan fingerprint density at radius 1 is 1.03 bits per heavy atom. The highest BCUT2D eigenvalue weighted by atomic mass is 19.1. The third kappa shape index (κ3) is 3.81. The molecule has 0 bridgehead atoms. The number of rotatable bonds is 5. The van der Waals surface area contributed by atoms with Crippen molar-refractivity contribution in [3.63, 3.8) is 0 Å². The minimum absolute atomic E-state index is 0.0619. The Bertz CT molecular complexity index is 1220. The molecule has 4 heteroatoms. The van der Waals surface area contributed by atoms with Crippen molar-refractivity contribution in [2.24, 2.45) is 11.3 Å². The smallest absolute Gasteiger partial charge is 0.230 e. The van der Waals surface area contributed by atoms with Crippen molar-refractivity contribution < 1.29 is 9.18 Å². The summed E-state index contributed by atoms with van der Waals surface area (Å²) in [7, 11) is 3.98. The molecule has 0 aromatic heterocycles. The summed E-state index contributed by atoms with van der Waals surface area (Å²) in [5, 5.41) is 0. The first-order valence-electron chi connectivity index (χ1n) is 12.0. The van der Waals surface area contributed by atoms with Gasteiger partial charge in [0.1, 0.15) is 5.82 Å². The summed E-state index contributed by atoms with van der Waals surface area (Å²) in [6.45, 7) is 2.65. The highest BCUT2D eigenvalue weighted by Gasteiger charge is 2.55. The van der Waals surface area contributed by atoms with Gasteiger partial charge in [-0.05, 0) is 53.8 Å². The molecule has 2 aliphatic rings. The first-order valence-corrected chi connectivity index (χ1v) is 12.0. The van der Waals surface area contributed by atoms with Gasteiger partial charge in [0.15, 0.2) is 0 Å². The Kier molecular flexibility index (Phi) is 5.76. The summed E-state index contributed by atoms with van der Waals surface area (Å²) < 4.78 is 15.0. The quantitative estimate of drug-likeness (QED) is 0.405. The van der Waals surface area contributed by atoms with Crippen LogP contribution < -0.4 is 4.90 Å². The maximum Gasteiger partial charge on any atom is 0.230 e. The van der Waals surface area contributed by atoms with E-state index in [9.17, 15) is 4.79 Å². The number of carbonyl (C=O) groups is 1. The third-order valence-corrected chi connectivity index (χ3v) is 7.56. The van der Waals surface area contributed by atoms with E-state index in [1.807, 2.05) is 78.5 Å². The van der Waals surface area contributed by atoms with E-state index in [1.165, 1.54) is 0 Å². The van der Waals surface area contributed by atoms with Gasteiger partial charge in [0, 0.05) is 37.8 Å². The van der Waals surface area contributed by atoms with Gasteiger partial charge < -0.3 is 9.80 Å². The minimum atomic E-state index is -0.434. The second kappa shape index (κ2) is 8.75. The van der Waals surface area contributed by atoms with Gasteiger partial charge in [-0.1, -0.05) is 67.6 Å². The number of likely N-dealkylation sites (tertiary alicyclic amines) is 1. The van der Waals surface area contributed by atoms with E-state index >= 15 is 4.39 Å². The number of amides is 1. The van der Waals surface area contributed by atoms with Crippen LogP contribution in [0.25, 0.3) is 11.1 Å². The topological polar surface area (TPSA) is 23.6 Å². The molecule has 3 aromatic rings. The number of hydrogen-bond acceptors (Lipinski definition) is 2. The Hall–Kier alpha value is -3.40. The molecule has 1 amide bonds. The van der Waals surface area contributed by atoms with E-state index in [2.05, 4.69) is 31.2 Å². The van der Waals surface area contributed by atoms with Gasteiger partial charge in [-0.15, -0.1) is 0 Å². The van der Waals surface area contributed by atoms with E-state index in [0.29, 0.717) is 12.1 Å². The van der Waals surface area contributed by atoms with Gasteiger partial charge in [-0.25, -0.2) is 4.39 Å². The first kappa shape index (κ1) is 22.4. The highest BCUT2D eigenvalue weighted by Crippen LogP contribution is 2.54. The van der Waals surface area contributed by atoms with Gasteiger partial charge in [0.2, 0.25) is 5.91 Å². The molecule has 0 unspecified atom stereocenters. The van der Waals surface area contributed by atoms with Crippen molar-refractivity contribution in [1.82, 2.24) is 4.90 Å². The molecule has 174 valence electrons. The number of nitrogens with zero attached hydrogens (tertiary/aromatic N) is 2. The summed E-state index contributed by atoms with van der Waals surface area (Å²) in [4.78, 5) is 17.8. The van der Waals surface area contributed by atoms with Crippen LogP contribution in [0, 0.1) is 17.2 Å².